The van der Waals surface area contributed by atoms with Gasteiger partial charge in [-0.2, -0.15) is 0 Å². The van der Waals surface area contributed by atoms with Crippen LogP contribution >= 0.6 is 0 Å². The maximum atomic E-state index is 11.1. The number of carbonyl (C=O) groups is 1. The molecule has 2 aliphatic rings. The normalized spacial score (nSPS) is 40.4. The minimum Gasteiger partial charge on any atom is -0.480 e. The Kier molecular flexibility index (Phi) is 3.22. The van der Waals surface area contributed by atoms with Crippen molar-refractivity contribution in [2.75, 3.05) is 6.54 Å². The molecular formula is C12H22N2O2. The number of nitrogens with zero attached hydrogens (tertiary/aromatic N) is 1. The Morgan fingerprint density at radius 2 is 2.31 bits per heavy atom. The molecule has 4 heteroatoms. The average Bonchev–Trinajstić information content (AvgIpc) is 2.83. The smallest absolute Gasteiger partial charge is 0.323 e. The van der Waals surface area contributed by atoms with Crippen LogP contribution in [0.4, 0.5) is 0 Å². The highest BCUT2D eigenvalue weighted by Crippen LogP contribution is 2.35. The molecule has 0 bridgehead atoms. The molecule has 4 nitrogen and oxygen atoms in total. The van der Waals surface area contributed by atoms with Crippen LogP contribution in [0.2, 0.25) is 0 Å². The van der Waals surface area contributed by atoms with Crippen molar-refractivity contribution in [1.29, 1.82) is 0 Å². The first-order valence-electron chi connectivity index (χ1n) is 6.35. The van der Waals surface area contributed by atoms with E-state index in [4.69, 9.17) is 10.8 Å². The predicted molar refractivity (Wildman–Crippen MR) is 62.2 cm³/mol. The molecule has 1 saturated carbocycles. The second-order valence-electron chi connectivity index (χ2n) is 5.30. The van der Waals surface area contributed by atoms with Crippen molar-refractivity contribution in [2.24, 2.45) is 5.73 Å². The molecule has 3 N–H and O–H groups in total. The summed E-state index contributed by atoms with van der Waals surface area (Å²) < 4.78 is 0. The maximum Gasteiger partial charge on any atom is 0.323 e. The highest BCUT2D eigenvalue weighted by Gasteiger charge is 2.45. The van der Waals surface area contributed by atoms with Gasteiger partial charge in [-0.3, -0.25) is 9.69 Å². The molecule has 0 spiro atoms. The van der Waals surface area contributed by atoms with E-state index < -0.39 is 11.5 Å². The lowest BCUT2D eigenvalue weighted by atomic mass is 9.99. The molecule has 0 amide bonds. The van der Waals surface area contributed by atoms with Crippen LogP contribution in [0.1, 0.15) is 45.4 Å². The first-order chi connectivity index (χ1) is 7.57. The SMILES string of the molecule is CCC1CCCN1C1CCC(N)(C(=O)O)C1. The number of carboxylic acid groups (broad SMARTS) is 1. The Bertz CT molecular complexity index is 282. The lowest BCUT2D eigenvalue weighted by Gasteiger charge is -2.30. The monoisotopic (exact) mass is 226 g/mol. The number of hydrogen-bond acceptors (Lipinski definition) is 3. The van der Waals surface area contributed by atoms with Crippen molar-refractivity contribution in [3.05, 3.63) is 0 Å². The van der Waals surface area contributed by atoms with E-state index in [0.29, 0.717) is 24.9 Å². The van der Waals surface area contributed by atoms with Gasteiger partial charge in [0.1, 0.15) is 5.54 Å². The molecule has 3 unspecified atom stereocenters. The predicted octanol–water partition coefficient (Wildman–Crippen LogP) is 1.20. The fourth-order valence-corrected chi connectivity index (χ4v) is 3.30. The van der Waals surface area contributed by atoms with E-state index in [1.807, 2.05) is 0 Å². The number of rotatable bonds is 3. The van der Waals surface area contributed by atoms with Gasteiger partial charge in [0.05, 0.1) is 0 Å². The largest absolute Gasteiger partial charge is 0.480 e. The summed E-state index contributed by atoms with van der Waals surface area (Å²) in [5.74, 6) is -0.831. The number of aliphatic carboxylic acids is 1. The highest BCUT2D eigenvalue weighted by molar-refractivity contribution is 5.79. The van der Waals surface area contributed by atoms with Gasteiger partial charge in [-0.1, -0.05) is 6.92 Å². The fraction of sp³-hybridized carbons (Fsp3) is 0.917. The molecule has 1 saturated heterocycles. The topological polar surface area (TPSA) is 66.6 Å². The molecule has 0 aromatic heterocycles. The third-order valence-electron chi connectivity index (χ3n) is 4.31. The van der Waals surface area contributed by atoms with Crippen LogP contribution in [-0.2, 0) is 4.79 Å². The van der Waals surface area contributed by atoms with Crippen LogP contribution in [0.15, 0.2) is 0 Å². The van der Waals surface area contributed by atoms with Crippen molar-refractivity contribution in [1.82, 2.24) is 4.90 Å². The number of hydrogen-bond donors (Lipinski definition) is 2. The van der Waals surface area contributed by atoms with Gasteiger partial charge < -0.3 is 10.8 Å². The Morgan fingerprint density at radius 1 is 1.56 bits per heavy atom. The van der Waals surface area contributed by atoms with Gasteiger partial charge in [-0.05, 0) is 45.1 Å². The van der Waals surface area contributed by atoms with E-state index in [-0.39, 0.29) is 0 Å². The van der Waals surface area contributed by atoms with E-state index >= 15 is 0 Å². The zero-order chi connectivity index (χ0) is 11.8. The molecule has 2 fully saturated rings. The number of nitrogens with two attached hydrogens (primary N) is 1. The van der Waals surface area contributed by atoms with E-state index in [9.17, 15) is 4.79 Å². The van der Waals surface area contributed by atoms with Crippen molar-refractivity contribution >= 4 is 5.97 Å². The van der Waals surface area contributed by atoms with Gasteiger partial charge in [0.2, 0.25) is 0 Å². The molecule has 1 aliphatic heterocycles. The standard InChI is InChI=1S/C12H22N2O2/c1-2-9-4-3-7-14(9)10-5-6-12(13,8-10)11(15)16/h9-10H,2-8,13H2,1H3,(H,15,16). The summed E-state index contributed by atoms with van der Waals surface area (Å²) >= 11 is 0. The quantitative estimate of drug-likeness (QED) is 0.758. The molecular weight excluding hydrogens is 204 g/mol. The van der Waals surface area contributed by atoms with Crippen LogP contribution in [0.25, 0.3) is 0 Å². The second-order valence-corrected chi connectivity index (χ2v) is 5.30. The van der Waals surface area contributed by atoms with Crippen molar-refractivity contribution in [2.45, 2.75) is 63.1 Å². The molecule has 0 aromatic carbocycles. The number of likely N-dealkylation sites (tertiary alicyclic amines) is 1. The van der Waals surface area contributed by atoms with Gasteiger partial charge in [0, 0.05) is 12.1 Å². The lowest BCUT2D eigenvalue weighted by molar-refractivity contribution is -0.143. The zero-order valence-electron chi connectivity index (χ0n) is 9.98. The first kappa shape index (κ1) is 11.9. The van der Waals surface area contributed by atoms with Crippen LogP contribution < -0.4 is 5.73 Å². The van der Waals surface area contributed by atoms with E-state index in [1.165, 1.54) is 19.3 Å². The molecule has 2 rings (SSSR count). The van der Waals surface area contributed by atoms with Crippen molar-refractivity contribution < 1.29 is 9.90 Å². The average molecular weight is 226 g/mol. The fourth-order valence-electron chi connectivity index (χ4n) is 3.30. The van der Waals surface area contributed by atoms with Gasteiger partial charge in [0.25, 0.3) is 0 Å². The minimum absolute atomic E-state index is 0.397. The lowest BCUT2D eigenvalue weighted by Crippen LogP contribution is -2.47. The van der Waals surface area contributed by atoms with Crippen LogP contribution in [0.3, 0.4) is 0 Å². The van der Waals surface area contributed by atoms with Crippen LogP contribution in [0, 0.1) is 0 Å². The summed E-state index contributed by atoms with van der Waals surface area (Å²) in [6.45, 7) is 3.34. The van der Waals surface area contributed by atoms with Gasteiger partial charge in [-0.25, -0.2) is 0 Å². The van der Waals surface area contributed by atoms with Gasteiger partial charge in [-0.15, -0.1) is 0 Å². The van der Waals surface area contributed by atoms with Crippen molar-refractivity contribution in [3.63, 3.8) is 0 Å². The molecule has 16 heavy (non-hydrogen) atoms. The van der Waals surface area contributed by atoms with Gasteiger partial charge >= 0.3 is 5.97 Å². The zero-order valence-corrected chi connectivity index (χ0v) is 9.98. The van der Waals surface area contributed by atoms with Crippen LogP contribution in [0.5, 0.6) is 0 Å². The third-order valence-corrected chi connectivity index (χ3v) is 4.31. The van der Waals surface area contributed by atoms with E-state index in [2.05, 4.69) is 11.8 Å². The Balaban J connectivity index is 2.00. The summed E-state index contributed by atoms with van der Waals surface area (Å²) in [5, 5.41) is 9.11. The minimum atomic E-state index is -0.967. The molecule has 1 heterocycles. The Labute approximate surface area is 96.8 Å². The number of carboxylic acids is 1. The molecule has 1 aliphatic carbocycles. The molecule has 3 atom stereocenters. The van der Waals surface area contributed by atoms with E-state index in [0.717, 1.165) is 13.0 Å². The summed E-state index contributed by atoms with van der Waals surface area (Å²) in [4.78, 5) is 13.6. The first-order valence-corrected chi connectivity index (χ1v) is 6.35. The summed E-state index contributed by atoms with van der Waals surface area (Å²) in [7, 11) is 0. The Hall–Kier alpha value is -0.610. The summed E-state index contributed by atoms with van der Waals surface area (Å²) in [5.41, 5.74) is 4.95. The van der Waals surface area contributed by atoms with Crippen molar-refractivity contribution in [3.8, 4) is 0 Å². The highest BCUT2D eigenvalue weighted by atomic mass is 16.4. The molecule has 0 aromatic rings. The third kappa shape index (κ3) is 1.96. The summed E-state index contributed by atoms with van der Waals surface area (Å²) in [6, 6.07) is 1.05. The van der Waals surface area contributed by atoms with Crippen LogP contribution in [-0.4, -0.2) is 40.1 Å². The van der Waals surface area contributed by atoms with Gasteiger partial charge in [0.15, 0.2) is 0 Å². The Morgan fingerprint density at radius 3 is 2.88 bits per heavy atom. The molecule has 0 radical (unpaired) electrons. The summed E-state index contributed by atoms with van der Waals surface area (Å²) in [6.07, 6.45) is 5.87. The maximum absolute atomic E-state index is 11.1. The molecule has 92 valence electrons. The van der Waals surface area contributed by atoms with E-state index in [1.54, 1.807) is 0 Å². The second kappa shape index (κ2) is 4.34.